The van der Waals surface area contributed by atoms with Gasteiger partial charge >= 0.3 is 5.97 Å². The number of benzene rings is 2. The van der Waals surface area contributed by atoms with E-state index in [0.717, 1.165) is 0 Å². The van der Waals surface area contributed by atoms with Crippen molar-refractivity contribution < 1.29 is 23.8 Å². The average molecular weight is 408 g/mol. The van der Waals surface area contributed by atoms with Crippen molar-refractivity contribution in [2.24, 2.45) is 5.73 Å². The van der Waals surface area contributed by atoms with Gasteiger partial charge in [0.1, 0.15) is 0 Å². The van der Waals surface area contributed by atoms with Crippen LogP contribution in [0.2, 0.25) is 0 Å². The molecule has 0 unspecified atom stereocenters. The van der Waals surface area contributed by atoms with Gasteiger partial charge in [0.2, 0.25) is 6.10 Å². The molecule has 25 heavy (non-hydrogen) atoms. The number of hydrogen-bond acceptors (Lipinski definition) is 5. The first kappa shape index (κ1) is 18.8. The first-order valence-electron chi connectivity index (χ1n) is 7.40. The number of carbonyl (C=O) groups excluding carboxylic acids is 2. The van der Waals surface area contributed by atoms with Crippen molar-refractivity contribution in [3.63, 3.8) is 0 Å². The van der Waals surface area contributed by atoms with E-state index in [1.165, 1.54) is 14.2 Å². The van der Waals surface area contributed by atoms with Crippen LogP contribution in [0.1, 0.15) is 17.2 Å². The highest BCUT2D eigenvalue weighted by Crippen LogP contribution is 2.33. The molecule has 2 aromatic carbocycles. The number of halogens is 1. The summed E-state index contributed by atoms with van der Waals surface area (Å²) in [4.78, 5) is 23.9. The molecule has 0 heterocycles. The van der Waals surface area contributed by atoms with Crippen molar-refractivity contribution in [2.45, 2.75) is 12.5 Å². The topological polar surface area (TPSA) is 87.9 Å². The fourth-order valence-corrected chi connectivity index (χ4v) is 2.74. The normalized spacial score (nSPS) is 11.5. The molecule has 1 atom stereocenters. The smallest absolute Gasteiger partial charge is 0.311 e. The van der Waals surface area contributed by atoms with Crippen molar-refractivity contribution in [1.29, 1.82) is 0 Å². The predicted octanol–water partition coefficient (Wildman–Crippen LogP) is 2.78. The second-order valence-electron chi connectivity index (χ2n) is 5.16. The van der Waals surface area contributed by atoms with Gasteiger partial charge in [-0.3, -0.25) is 9.59 Å². The van der Waals surface area contributed by atoms with Crippen LogP contribution in [0.3, 0.4) is 0 Å². The first-order chi connectivity index (χ1) is 12.0. The minimum atomic E-state index is -1.13. The third-order valence-corrected chi connectivity index (χ3v) is 4.24. The highest BCUT2D eigenvalue weighted by molar-refractivity contribution is 9.10. The van der Waals surface area contributed by atoms with Gasteiger partial charge in [-0.1, -0.05) is 46.3 Å². The summed E-state index contributed by atoms with van der Waals surface area (Å²) in [5.41, 5.74) is 6.52. The second-order valence-corrected chi connectivity index (χ2v) is 6.01. The summed E-state index contributed by atoms with van der Waals surface area (Å²) in [6.07, 6.45) is -1.19. The minimum Gasteiger partial charge on any atom is -0.493 e. The van der Waals surface area contributed by atoms with Gasteiger partial charge in [0.15, 0.2) is 11.5 Å². The van der Waals surface area contributed by atoms with E-state index in [-0.39, 0.29) is 6.42 Å². The Kier molecular flexibility index (Phi) is 6.41. The van der Waals surface area contributed by atoms with Crippen LogP contribution in [0.5, 0.6) is 11.5 Å². The summed E-state index contributed by atoms with van der Waals surface area (Å²) in [7, 11) is 3.03. The number of primary amides is 1. The molecule has 1 amide bonds. The lowest BCUT2D eigenvalue weighted by atomic mass is 10.1. The number of esters is 1. The van der Waals surface area contributed by atoms with Crippen LogP contribution in [0.15, 0.2) is 46.9 Å². The summed E-state index contributed by atoms with van der Waals surface area (Å²) in [6, 6.07) is 12.0. The molecule has 7 heteroatoms. The van der Waals surface area contributed by atoms with E-state index >= 15 is 0 Å². The summed E-state index contributed by atoms with van der Waals surface area (Å²) >= 11 is 3.38. The lowest BCUT2D eigenvalue weighted by molar-refractivity contribution is -0.154. The van der Waals surface area contributed by atoms with E-state index in [0.29, 0.717) is 27.1 Å². The molecular formula is C18H18BrNO5. The molecule has 0 fully saturated rings. The third-order valence-electron chi connectivity index (χ3n) is 3.50. The van der Waals surface area contributed by atoms with E-state index in [2.05, 4.69) is 15.9 Å². The molecule has 0 radical (unpaired) electrons. The molecule has 2 N–H and O–H groups in total. The Hall–Kier alpha value is -2.54. The molecule has 6 nitrogen and oxygen atoms in total. The fourth-order valence-electron chi connectivity index (χ4n) is 2.28. The third kappa shape index (κ3) is 4.73. The van der Waals surface area contributed by atoms with Gasteiger partial charge < -0.3 is 19.9 Å². The van der Waals surface area contributed by atoms with Gasteiger partial charge in [0.05, 0.1) is 20.6 Å². The highest BCUT2D eigenvalue weighted by Gasteiger charge is 2.23. The van der Waals surface area contributed by atoms with Gasteiger partial charge in [0.25, 0.3) is 5.91 Å². The molecule has 132 valence electrons. The van der Waals surface area contributed by atoms with Gasteiger partial charge in [-0.25, -0.2) is 0 Å². The standard InChI is InChI=1S/C18H18BrNO5/c1-23-14-8-12(13(19)10-15(14)24-2)9-16(21)25-17(18(20)22)11-6-4-3-5-7-11/h3-8,10,17H,9H2,1-2H3,(H2,20,22)/t17-/m0/s1. The van der Waals surface area contributed by atoms with Crippen molar-refractivity contribution in [2.75, 3.05) is 14.2 Å². The maximum absolute atomic E-state index is 12.3. The number of rotatable bonds is 7. The number of nitrogens with two attached hydrogens (primary N) is 1. The van der Waals surface area contributed by atoms with E-state index in [9.17, 15) is 9.59 Å². The molecule has 0 aliphatic heterocycles. The zero-order chi connectivity index (χ0) is 18.4. The average Bonchev–Trinajstić information content (AvgIpc) is 2.61. The Morgan fingerprint density at radius 1 is 1.08 bits per heavy atom. The molecule has 0 aliphatic rings. The predicted molar refractivity (Wildman–Crippen MR) is 95.4 cm³/mol. The molecule has 0 bridgehead atoms. The summed E-state index contributed by atoms with van der Waals surface area (Å²) < 4.78 is 16.4. The van der Waals surface area contributed by atoms with Crippen molar-refractivity contribution in [1.82, 2.24) is 0 Å². The maximum atomic E-state index is 12.3. The van der Waals surface area contributed by atoms with Crippen LogP contribution >= 0.6 is 15.9 Å². The lowest BCUT2D eigenvalue weighted by Crippen LogP contribution is -2.26. The maximum Gasteiger partial charge on any atom is 0.311 e. The summed E-state index contributed by atoms with van der Waals surface area (Å²) in [5, 5.41) is 0. The van der Waals surface area contributed by atoms with E-state index in [1.807, 2.05) is 0 Å². The Balaban J connectivity index is 2.17. The van der Waals surface area contributed by atoms with Gasteiger partial charge in [-0.2, -0.15) is 0 Å². The van der Waals surface area contributed by atoms with Crippen LogP contribution in [-0.2, 0) is 20.7 Å². The van der Waals surface area contributed by atoms with Crippen LogP contribution in [0.4, 0.5) is 0 Å². The molecule has 0 aliphatic carbocycles. The lowest BCUT2D eigenvalue weighted by Gasteiger charge is -2.16. The number of methoxy groups -OCH3 is 2. The molecule has 0 aromatic heterocycles. The molecule has 2 aromatic rings. The quantitative estimate of drug-likeness (QED) is 0.712. The fraction of sp³-hybridized carbons (Fsp3) is 0.222. The van der Waals surface area contributed by atoms with Crippen molar-refractivity contribution >= 4 is 27.8 Å². The molecule has 0 saturated carbocycles. The number of ether oxygens (including phenoxy) is 3. The zero-order valence-corrected chi connectivity index (χ0v) is 15.4. The summed E-state index contributed by atoms with van der Waals surface area (Å²) in [5.74, 6) is -0.291. The van der Waals surface area contributed by atoms with Crippen LogP contribution in [-0.4, -0.2) is 26.1 Å². The molecule has 0 saturated heterocycles. The van der Waals surface area contributed by atoms with Gasteiger partial charge in [-0.15, -0.1) is 0 Å². The molecule has 2 rings (SSSR count). The van der Waals surface area contributed by atoms with Gasteiger partial charge in [0, 0.05) is 10.0 Å². The van der Waals surface area contributed by atoms with Crippen molar-refractivity contribution in [3.8, 4) is 11.5 Å². The Labute approximate surface area is 154 Å². The van der Waals surface area contributed by atoms with E-state index in [1.54, 1.807) is 42.5 Å². The first-order valence-corrected chi connectivity index (χ1v) is 8.19. The van der Waals surface area contributed by atoms with E-state index in [4.69, 9.17) is 19.9 Å². The number of carbonyl (C=O) groups is 2. The highest BCUT2D eigenvalue weighted by atomic mass is 79.9. The molecule has 0 spiro atoms. The number of amides is 1. The van der Waals surface area contributed by atoms with Crippen LogP contribution in [0.25, 0.3) is 0 Å². The monoisotopic (exact) mass is 407 g/mol. The second kappa shape index (κ2) is 8.53. The Morgan fingerprint density at radius 3 is 2.24 bits per heavy atom. The van der Waals surface area contributed by atoms with Gasteiger partial charge in [-0.05, 0) is 17.7 Å². The summed E-state index contributed by atoms with van der Waals surface area (Å²) in [6.45, 7) is 0. The largest absolute Gasteiger partial charge is 0.493 e. The zero-order valence-electron chi connectivity index (χ0n) is 13.8. The Morgan fingerprint density at radius 2 is 1.68 bits per heavy atom. The minimum absolute atomic E-state index is 0.0580. The van der Waals surface area contributed by atoms with E-state index < -0.39 is 18.0 Å². The Bertz CT molecular complexity index is 764. The number of hydrogen-bond donors (Lipinski definition) is 1. The van der Waals surface area contributed by atoms with Crippen molar-refractivity contribution in [3.05, 3.63) is 58.1 Å². The van der Waals surface area contributed by atoms with Crippen LogP contribution in [0, 0.1) is 0 Å². The molecular weight excluding hydrogens is 390 g/mol. The van der Waals surface area contributed by atoms with Crippen LogP contribution < -0.4 is 15.2 Å². The SMILES string of the molecule is COc1cc(Br)c(CC(=O)O[C@H](C(N)=O)c2ccccc2)cc1OC.